The highest BCUT2D eigenvalue weighted by Gasteiger charge is 2.21. The van der Waals surface area contributed by atoms with E-state index >= 15 is 0 Å². The smallest absolute Gasteiger partial charge is 0.275 e. The first-order valence-electron chi connectivity index (χ1n) is 9.19. The number of benzene rings is 2. The number of anilines is 1. The zero-order valence-electron chi connectivity index (χ0n) is 16.2. The lowest BCUT2D eigenvalue weighted by molar-refractivity contribution is 0.0974. The van der Waals surface area contributed by atoms with Crippen molar-refractivity contribution in [2.24, 2.45) is 4.99 Å². The van der Waals surface area contributed by atoms with E-state index in [1.54, 1.807) is 7.11 Å². The van der Waals surface area contributed by atoms with Crippen LogP contribution >= 0.6 is 11.8 Å². The van der Waals surface area contributed by atoms with E-state index in [-0.39, 0.29) is 5.91 Å². The summed E-state index contributed by atoms with van der Waals surface area (Å²) in [5.74, 6) is 2.00. The maximum Gasteiger partial charge on any atom is 0.275 e. The number of aliphatic imine (C=N–C) groups is 1. The first-order chi connectivity index (χ1) is 14.2. The summed E-state index contributed by atoms with van der Waals surface area (Å²) in [6.45, 7) is 0.720. The van der Waals surface area contributed by atoms with Crippen molar-refractivity contribution in [1.82, 2.24) is 15.3 Å². The molecule has 4 rings (SSSR count). The Morgan fingerprint density at radius 1 is 1.10 bits per heavy atom. The third-order valence-corrected chi connectivity index (χ3v) is 5.44. The Morgan fingerprint density at radius 3 is 2.45 bits per heavy atom. The lowest BCUT2D eigenvalue weighted by Gasteiger charge is -2.05. The second kappa shape index (κ2) is 8.40. The maximum atomic E-state index is 13.0. The predicted molar refractivity (Wildman–Crippen MR) is 118 cm³/mol. The number of aromatic amines is 1. The van der Waals surface area contributed by atoms with Gasteiger partial charge in [0.25, 0.3) is 5.91 Å². The average Bonchev–Trinajstić information content (AvgIpc) is 3.44. The van der Waals surface area contributed by atoms with Gasteiger partial charge in [0.2, 0.25) is 0 Å². The van der Waals surface area contributed by atoms with Crippen LogP contribution in [0.4, 0.5) is 5.69 Å². The van der Waals surface area contributed by atoms with Crippen LogP contribution in [-0.2, 0) is 0 Å². The molecule has 2 aromatic carbocycles. The third-order valence-electron chi connectivity index (χ3n) is 4.55. The van der Waals surface area contributed by atoms with E-state index in [9.17, 15) is 4.79 Å². The van der Waals surface area contributed by atoms with Crippen molar-refractivity contribution < 1.29 is 9.53 Å². The quantitative estimate of drug-likeness (QED) is 0.601. The van der Waals surface area contributed by atoms with Gasteiger partial charge >= 0.3 is 0 Å². The standard InChI is InChI=1S/C21H21N5O2S/c1-22-15-7-3-14(4-8-15)19-24-17(13-5-9-16(28-2)10-6-13)18(25-19)20(27)26-21-23-11-12-29-21/h3-10,22H,11-12H2,1-2H3,(H,24,25)(H,23,26,27). The molecule has 29 heavy (non-hydrogen) atoms. The number of carbonyl (C=O) groups excluding carboxylic acids is 1. The molecular weight excluding hydrogens is 386 g/mol. The molecule has 0 spiro atoms. The van der Waals surface area contributed by atoms with Crippen molar-refractivity contribution in [2.75, 3.05) is 31.8 Å². The number of hydrogen-bond acceptors (Lipinski definition) is 6. The van der Waals surface area contributed by atoms with Gasteiger partial charge < -0.3 is 15.0 Å². The average molecular weight is 407 g/mol. The summed E-state index contributed by atoms with van der Waals surface area (Å²) >= 11 is 1.54. The first-order valence-corrected chi connectivity index (χ1v) is 10.2. The van der Waals surface area contributed by atoms with E-state index in [1.165, 1.54) is 11.8 Å². The first kappa shape index (κ1) is 19.1. The van der Waals surface area contributed by atoms with E-state index in [4.69, 9.17) is 9.72 Å². The molecule has 2 heterocycles. The number of amidine groups is 1. The highest BCUT2D eigenvalue weighted by molar-refractivity contribution is 8.14. The molecule has 0 saturated carbocycles. The van der Waals surface area contributed by atoms with E-state index < -0.39 is 0 Å². The van der Waals surface area contributed by atoms with E-state index in [2.05, 4.69) is 20.6 Å². The number of ether oxygens (including phenoxy) is 1. The van der Waals surface area contributed by atoms with Crippen LogP contribution in [0.1, 0.15) is 10.5 Å². The second-order valence-corrected chi connectivity index (χ2v) is 7.44. The Hall–Kier alpha value is -3.26. The van der Waals surface area contributed by atoms with Gasteiger partial charge in [0.15, 0.2) is 5.17 Å². The lowest BCUT2D eigenvalue weighted by atomic mass is 10.1. The SMILES string of the molecule is CNc1ccc(-c2nc(-c3ccc(OC)cc3)c(C(=O)NC3=NCCS3)[nH]2)cc1. The second-order valence-electron chi connectivity index (χ2n) is 6.35. The van der Waals surface area contributed by atoms with Gasteiger partial charge in [0.05, 0.1) is 13.7 Å². The molecule has 0 unspecified atom stereocenters. The molecule has 3 N–H and O–H groups in total. The molecule has 7 nitrogen and oxygen atoms in total. The van der Waals surface area contributed by atoms with Crippen molar-refractivity contribution in [1.29, 1.82) is 0 Å². The van der Waals surface area contributed by atoms with E-state index in [0.717, 1.165) is 34.9 Å². The topological polar surface area (TPSA) is 91.4 Å². The summed E-state index contributed by atoms with van der Waals surface area (Å²) in [6, 6.07) is 15.3. The summed E-state index contributed by atoms with van der Waals surface area (Å²) < 4.78 is 5.24. The summed E-state index contributed by atoms with van der Waals surface area (Å²) in [5, 5.41) is 6.62. The monoisotopic (exact) mass is 407 g/mol. The van der Waals surface area contributed by atoms with E-state index in [0.29, 0.717) is 22.4 Å². The van der Waals surface area contributed by atoms with Crippen molar-refractivity contribution in [3.8, 4) is 28.4 Å². The molecular formula is C21H21N5O2S. The molecule has 0 saturated heterocycles. The molecule has 1 amide bonds. The lowest BCUT2D eigenvalue weighted by Crippen LogP contribution is -2.28. The largest absolute Gasteiger partial charge is 0.497 e. The van der Waals surface area contributed by atoms with Crippen LogP contribution in [0.2, 0.25) is 0 Å². The zero-order chi connectivity index (χ0) is 20.2. The zero-order valence-corrected chi connectivity index (χ0v) is 17.0. The molecule has 148 valence electrons. The van der Waals surface area contributed by atoms with Gasteiger partial charge in [-0.25, -0.2) is 4.98 Å². The van der Waals surface area contributed by atoms with Crippen molar-refractivity contribution in [3.63, 3.8) is 0 Å². The Labute approximate surface area is 173 Å². The van der Waals surface area contributed by atoms with Gasteiger partial charge in [-0.2, -0.15) is 0 Å². The number of H-pyrrole nitrogens is 1. The molecule has 1 aliphatic heterocycles. The fourth-order valence-electron chi connectivity index (χ4n) is 3.00. The molecule has 0 atom stereocenters. The summed E-state index contributed by atoms with van der Waals surface area (Å²) in [6.07, 6.45) is 0. The number of nitrogens with one attached hydrogen (secondary N) is 3. The Morgan fingerprint density at radius 2 is 1.83 bits per heavy atom. The van der Waals surface area contributed by atoms with Crippen molar-refractivity contribution in [2.45, 2.75) is 0 Å². The van der Waals surface area contributed by atoms with Crippen LogP contribution in [-0.4, -0.2) is 47.5 Å². The number of nitrogens with zero attached hydrogens (tertiary/aromatic N) is 2. The van der Waals surface area contributed by atoms with Crippen molar-refractivity contribution >= 4 is 28.5 Å². The number of rotatable bonds is 5. The number of amides is 1. The number of carbonyl (C=O) groups is 1. The van der Waals surface area contributed by atoms with E-state index in [1.807, 2.05) is 55.6 Å². The minimum atomic E-state index is -0.255. The number of hydrogen-bond donors (Lipinski definition) is 3. The normalized spacial score (nSPS) is 13.1. The van der Waals surface area contributed by atoms with Gasteiger partial charge in [-0.3, -0.25) is 15.1 Å². The maximum absolute atomic E-state index is 13.0. The number of thioether (sulfide) groups is 1. The molecule has 0 fully saturated rings. The van der Waals surface area contributed by atoms with Gasteiger partial charge in [-0.1, -0.05) is 11.8 Å². The van der Waals surface area contributed by atoms with Crippen LogP contribution < -0.4 is 15.4 Å². The minimum Gasteiger partial charge on any atom is -0.497 e. The predicted octanol–water partition coefficient (Wildman–Crippen LogP) is 3.63. The van der Waals surface area contributed by atoms with Crippen LogP contribution in [0.3, 0.4) is 0 Å². The van der Waals surface area contributed by atoms with Crippen LogP contribution in [0, 0.1) is 0 Å². The molecule has 1 aliphatic rings. The molecule has 0 aliphatic carbocycles. The molecule has 0 radical (unpaired) electrons. The highest BCUT2D eigenvalue weighted by atomic mass is 32.2. The molecule has 0 bridgehead atoms. The number of imidazole rings is 1. The summed E-state index contributed by atoms with van der Waals surface area (Å²) in [5.41, 5.74) is 3.71. The summed E-state index contributed by atoms with van der Waals surface area (Å²) in [4.78, 5) is 25.2. The number of methoxy groups -OCH3 is 1. The van der Waals surface area contributed by atoms with Crippen LogP contribution in [0.15, 0.2) is 53.5 Å². The van der Waals surface area contributed by atoms with Crippen molar-refractivity contribution in [3.05, 3.63) is 54.2 Å². The third kappa shape index (κ3) is 4.12. The fourth-order valence-corrected chi connectivity index (χ4v) is 3.72. The van der Waals surface area contributed by atoms with Gasteiger partial charge in [0, 0.05) is 29.6 Å². The number of aromatic nitrogens is 2. The molecule has 3 aromatic rings. The van der Waals surface area contributed by atoms with Crippen LogP contribution in [0.25, 0.3) is 22.6 Å². The fraction of sp³-hybridized carbons (Fsp3) is 0.190. The molecule has 8 heteroatoms. The minimum absolute atomic E-state index is 0.255. The van der Waals surface area contributed by atoms with Gasteiger partial charge in [-0.05, 0) is 48.5 Å². The van der Waals surface area contributed by atoms with Gasteiger partial charge in [-0.15, -0.1) is 0 Å². The Balaban J connectivity index is 1.73. The van der Waals surface area contributed by atoms with Gasteiger partial charge in [0.1, 0.15) is 23.0 Å². The highest BCUT2D eigenvalue weighted by Crippen LogP contribution is 2.28. The Bertz CT molecular complexity index is 1040. The summed E-state index contributed by atoms with van der Waals surface area (Å²) in [7, 11) is 3.49. The van der Waals surface area contributed by atoms with Crippen LogP contribution in [0.5, 0.6) is 5.75 Å². The molecule has 1 aromatic heterocycles. The Kier molecular flexibility index (Phi) is 5.53.